The third-order valence-electron chi connectivity index (χ3n) is 4.78. The lowest BCUT2D eigenvalue weighted by Crippen LogP contribution is -2.40. The van der Waals surface area contributed by atoms with Crippen molar-refractivity contribution in [1.82, 2.24) is 9.88 Å². The second kappa shape index (κ2) is 9.46. The lowest BCUT2D eigenvalue weighted by molar-refractivity contribution is 0.0526. The molecule has 27 heavy (non-hydrogen) atoms. The van der Waals surface area contributed by atoms with Crippen LogP contribution in [0.5, 0.6) is 0 Å². The molecule has 1 heterocycles. The Morgan fingerprint density at radius 1 is 1.19 bits per heavy atom. The fourth-order valence-electron chi connectivity index (χ4n) is 3.37. The molecule has 1 aliphatic carbocycles. The SMILES string of the molecule is CCOC(=O)c1ccc(NC(=S)N(Cc2ccncc2)C2CCCC2)cc1. The van der Waals surface area contributed by atoms with Crippen molar-refractivity contribution in [2.24, 2.45) is 0 Å². The summed E-state index contributed by atoms with van der Waals surface area (Å²) in [6.07, 6.45) is 8.44. The van der Waals surface area contributed by atoms with Crippen LogP contribution in [0.3, 0.4) is 0 Å². The normalized spacial score (nSPS) is 14.0. The number of anilines is 1. The first-order valence-corrected chi connectivity index (χ1v) is 9.82. The standard InChI is InChI=1S/C21H25N3O2S/c1-2-26-20(25)17-7-9-18(10-8-17)23-21(27)24(19-5-3-4-6-19)15-16-11-13-22-14-12-16/h7-14,19H,2-6,15H2,1H3,(H,23,27). The molecule has 0 spiro atoms. The van der Waals surface area contributed by atoms with E-state index in [9.17, 15) is 4.79 Å². The second-order valence-electron chi connectivity index (χ2n) is 6.65. The molecule has 0 saturated heterocycles. The topological polar surface area (TPSA) is 54.5 Å². The number of ether oxygens (including phenoxy) is 1. The second-order valence-corrected chi connectivity index (χ2v) is 7.04. The zero-order valence-electron chi connectivity index (χ0n) is 15.6. The van der Waals surface area contributed by atoms with E-state index in [1.807, 2.05) is 36.7 Å². The van der Waals surface area contributed by atoms with Gasteiger partial charge in [0.15, 0.2) is 5.11 Å². The number of aromatic nitrogens is 1. The van der Waals surface area contributed by atoms with Crippen LogP contribution in [-0.2, 0) is 11.3 Å². The number of hydrogen-bond donors (Lipinski definition) is 1. The maximum atomic E-state index is 11.8. The van der Waals surface area contributed by atoms with Gasteiger partial charge in [0.25, 0.3) is 0 Å². The summed E-state index contributed by atoms with van der Waals surface area (Å²) in [6, 6.07) is 11.7. The van der Waals surface area contributed by atoms with Crippen LogP contribution in [0.25, 0.3) is 0 Å². The van der Waals surface area contributed by atoms with Crippen LogP contribution in [0.15, 0.2) is 48.8 Å². The predicted octanol–water partition coefficient (Wildman–Crippen LogP) is 4.40. The summed E-state index contributed by atoms with van der Waals surface area (Å²) >= 11 is 5.73. The molecule has 0 radical (unpaired) electrons. The minimum absolute atomic E-state index is 0.308. The summed E-state index contributed by atoms with van der Waals surface area (Å²) < 4.78 is 5.02. The van der Waals surface area contributed by atoms with Gasteiger partial charge in [0.05, 0.1) is 12.2 Å². The average Bonchev–Trinajstić information content (AvgIpc) is 3.22. The Morgan fingerprint density at radius 3 is 2.48 bits per heavy atom. The molecule has 2 aromatic rings. The molecule has 1 aliphatic rings. The van der Waals surface area contributed by atoms with Crippen LogP contribution >= 0.6 is 12.2 Å². The van der Waals surface area contributed by atoms with Crippen LogP contribution in [-0.4, -0.2) is 33.6 Å². The Kier molecular flexibility index (Phi) is 6.76. The number of esters is 1. The van der Waals surface area contributed by atoms with Gasteiger partial charge in [0, 0.05) is 30.7 Å². The maximum Gasteiger partial charge on any atom is 0.338 e. The summed E-state index contributed by atoms with van der Waals surface area (Å²) in [5.41, 5.74) is 2.60. The molecule has 5 nitrogen and oxygen atoms in total. The minimum Gasteiger partial charge on any atom is -0.462 e. The number of nitrogens with zero attached hydrogens (tertiary/aromatic N) is 2. The molecule has 0 aliphatic heterocycles. The van der Waals surface area contributed by atoms with Gasteiger partial charge in [-0.05, 0) is 73.9 Å². The van der Waals surface area contributed by atoms with Gasteiger partial charge in [-0.3, -0.25) is 4.98 Å². The van der Waals surface area contributed by atoms with E-state index in [1.54, 1.807) is 19.1 Å². The van der Waals surface area contributed by atoms with Gasteiger partial charge in [0.2, 0.25) is 0 Å². The van der Waals surface area contributed by atoms with Gasteiger partial charge >= 0.3 is 5.97 Å². The summed E-state index contributed by atoms with van der Waals surface area (Å²) in [4.78, 5) is 18.2. The van der Waals surface area contributed by atoms with Crippen molar-refractivity contribution < 1.29 is 9.53 Å². The highest BCUT2D eigenvalue weighted by molar-refractivity contribution is 7.80. The monoisotopic (exact) mass is 383 g/mol. The van der Waals surface area contributed by atoms with Gasteiger partial charge < -0.3 is 15.0 Å². The molecular weight excluding hydrogens is 358 g/mol. The summed E-state index contributed by atoms with van der Waals surface area (Å²) in [5, 5.41) is 4.04. The third-order valence-corrected chi connectivity index (χ3v) is 5.11. The van der Waals surface area contributed by atoms with Gasteiger partial charge in [-0.15, -0.1) is 0 Å². The lowest BCUT2D eigenvalue weighted by Gasteiger charge is -2.32. The van der Waals surface area contributed by atoms with E-state index in [1.165, 1.54) is 18.4 Å². The third kappa shape index (κ3) is 5.26. The molecule has 1 aromatic heterocycles. The van der Waals surface area contributed by atoms with Gasteiger partial charge in [-0.25, -0.2) is 4.79 Å². The number of carbonyl (C=O) groups excluding carboxylic acids is 1. The Balaban J connectivity index is 1.69. The van der Waals surface area contributed by atoms with Crippen molar-refractivity contribution in [3.8, 4) is 0 Å². The van der Waals surface area contributed by atoms with Crippen LogP contribution < -0.4 is 5.32 Å². The Bertz CT molecular complexity index is 759. The van der Waals surface area contributed by atoms with E-state index in [0.717, 1.165) is 25.1 Å². The molecule has 1 N–H and O–H groups in total. The zero-order valence-corrected chi connectivity index (χ0v) is 16.4. The van der Waals surface area contributed by atoms with Crippen molar-refractivity contribution in [1.29, 1.82) is 0 Å². The molecular formula is C21H25N3O2S. The zero-order chi connectivity index (χ0) is 19.1. The summed E-state index contributed by atoms with van der Waals surface area (Å²) in [5.74, 6) is -0.308. The number of rotatable bonds is 6. The van der Waals surface area contributed by atoms with E-state index in [4.69, 9.17) is 17.0 Å². The summed E-state index contributed by atoms with van der Waals surface area (Å²) in [6.45, 7) is 2.93. The molecule has 3 rings (SSSR count). The van der Waals surface area contributed by atoms with Crippen molar-refractivity contribution in [2.75, 3.05) is 11.9 Å². The van der Waals surface area contributed by atoms with E-state index >= 15 is 0 Å². The van der Waals surface area contributed by atoms with Crippen LogP contribution in [0.2, 0.25) is 0 Å². The highest BCUT2D eigenvalue weighted by Gasteiger charge is 2.25. The van der Waals surface area contributed by atoms with E-state index in [2.05, 4.69) is 15.2 Å². The first kappa shape index (κ1) is 19.3. The first-order valence-electron chi connectivity index (χ1n) is 9.41. The van der Waals surface area contributed by atoms with Crippen LogP contribution in [0, 0.1) is 0 Å². The maximum absolute atomic E-state index is 11.8. The number of nitrogens with one attached hydrogen (secondary N) is 1. The number of pyridine rings is 1. The van der Waals surface area contributed by atoms with Crippen molar-refractivity contribution in [3.05, 3.63) is 59.9 Å². The van der Waals surface area contributed by atoms with Crippen LogP contribution in [0.4, 0.5) is 5.69 Å². The van der Waals surface area contributed by atoms with Crippen molar-refractivity contribution in [3.63, 3.8) is 0 Å². The molecule has 142 valence electrons. The van der Waals surface area contributed by atoms with Crippen molar-refractivity contribution >= 4 is 29.0 Å². The Labute approximate surface area is 165 Å². The van der Waals surface area contributed by atoms with E-state index in [-0.39, 0.29) is 5.97 Å². The van der Waals surface area contributed by atoms with Crippen molar-refractivity contribution in [2.45, 2.75) is 45.2 Å². The molecule has 1 fully saturated rings. The quantitative estimate of drug-likeness (QED) is 0.589. The highest BCUT2D eigenvalue weighted by Crippen LogP contribution is 2.26. The molecule has 1 aromatic carbocycles. The van der Waals surface area contributed by atoms with Gasteiger partial charge in [0.1, 0.15) is 0 Å². The molecule has 6 heteroatoms. The van der Waals surface area contributed by atoms with Crippen LogP contribution in [0.1, 0.15) is 48.5 Å². The average molecular weight is 384 g/mol. The highest BCUT2D eigenvalue weighted by atomic mass is 32.1. The predicted molar refractivity (Wildman–Crippen MR) is 111 cm³/mol. The Morgan fingerprint density at radius 2 is 1.85 bits per heavy atom. The number of carbonyl (C=O) groups is 1. The molecule has 0 atom stereocenters. The molecule has 0 amide bonds. The number of thiocarbonyl (C=S) groups is 1. The number of hydrogen-bond acceptors (Lipinski definition) is 4. The van der Waals surface area contributed by atoms with Gasteiger partial charge in [-0.2, -0.15) is 0 Å². The molecule has 0 unspecified atom stereocenters. The fourth-order valence-corrected chi connectivity index (χ4v) is 3.70. The molecule has 0 bridgehead atoms. The van der Waals surface area contributed by atoms with E-state index < -0.39 is 0 Å². The Hall–Kier alpha value is -2.47. The summed E-state index contributed by atoms with van der Waals surface area (Å²) in [7, 11) is 0. The largest absolute Gasteiger partial charge is 0.462 e. The first-order chi connectivity index (χ1) is 13.2. The lowest BCUT2D eigenvalue weighted by atomic mass is 10.1. The molecule has 1 saturated carbocycles. The minimum atomic E-state index is -0.308. The van der Waals surface area contributed by atoms with Gasteiger partial charge in [-0.1, -0.05) is 12.8 Å². The number of benzene rings is 1. The smallest absolute Gasteiger partial charge is 0.338 e. The van der Waals surface area contributed by atoms with E-state index in [0.29, 0.717) is 23.3 Å². The fraction of sp³-hybridized carbons (Fsp3) is 0.381.